The van der Waals surface area contributed by atoms with E-state index in [-0.39, 0.29) is 17.4 Å². The Labute approximate surface area is 110 Å². The number of nitrogens with one attached hydrogen (secondary N) is 2. The Hall–Kier alpha value is -2.37. The number of nitrogens with zero attached hydrogens (tertiary/aromatic N) is 2. The van der Waals surface area contributed by atoms with Crippen LogP contribution in [0, 0.1) is 11.8 Å². The molecule has 0 fully saturated rings. The maximum Gasteiger partial charge on any atom is 0.265 e. The molecule has 0 aliphatic heterocycles. The average molecular weight is 277 g/mol. The van der Waals surface area contributed by atoms with Crippen LogP contribution < -0.4 is 10.5 Å². The number of H-pyrrole nitrogens is 1. The Bertz CT molecular complexity index is 713. The number of hydrogen-bond acceptors (Lipinski definition) is 5. The highest BCUT2D eigenvalue weighted by atomic mass is 32.2. The number of anilines is 1. The Kier molecular flexibility index (Phi) is 3.79. The number of aromatic amines is 1. The first kappa shape index (κ1) is 13.1. The molecule has 0 saturated carbocycles. The highest BCUT2D eigenvalue weighted by molar-refractivity contribution is 7.92. The minimum Gasteiger partial charge on any atom is -0.330 e. The zero-order valence-corrected chi connectivity index (χ0v) is 10.6. The lowest BCUT2D eigenvalue weighted by Gasteiger charge is -2.04. The second kappa shape index (κ2) is 5.51. The summed E-state index contributed by atoms with van der Waals surface area (Å²) in [6, 6.07) is 1.42. The zero-order chi connectivity index (χ0) is 13.7. The van der Waals surface area contributed by atoms with Gasteiger partial charge in [-0.15, -0.1) is 0 Å². The van der Waals surface area contributed by atoms with Crippen molar-refractivity contribution in [1.29, 1.82) is 0 Å². The lowest BCUT2D eigenvalue weighted by atomic mass is 10.3. The molecule has 0 saturated heterocycles. The molecule has 0 atom stereocenters. The fourth-order valence-electron chi connectivity index (χ4n) is 1.29. The standard InChI is InChI=1S/C11H11N5O2S/c12-3-1-2-9-6-10(8-13-7-9)19(17,18)16-11-14-4-5-15-11/h4-8H,3,12H2,(H2,14,15,16). The fourth-order valence-corrected chi connectivity index (χ4v) is 2.26. The molecule has 19 heavy (non-hydrogen) atoms. The lowest BCUT2D eigenvalue weighted by molar-refractivity contribution is 0.600. The SMILES string of the molecule is NCC#Cc1cncc(S(=O)(=O)Nc2ncc[nH]2)c1. The monoisotopic (exact) mass is 277 g/mol. The number of aromatic nitrogens is 3. The van der Waals surface area contributed by atoms with Crippen molar-refractivity contribution in [2.45, 2.75) is 4.90 Å². The van der Waals surface area contributed by atoms with Crippen LogP contribution in [-0.4, -0.2) is 29.9 Å². The number of pyridine rings is 1. The largest absolute Gasteiger partial charge is 0.330 e. The maximum atomic E-state index is 12.0. The summed E-state index contributed by atoms with van der Waals surface area (Å²) >= 11 is 0. The van der Waals surface area contributed by atoms with Crippen molar-refractivity contribution in [3.8, 4) is 11.8 Å². The van der Waals surface area contributed by atoms with Gasteiger partial charge < -0.3 is 10.7 Å². The van der Waals surface area contributed by atoms with Crippen LogP contribution in [0.15, 0.2) is 35.7 Å². The molecule has 0 aliphatic carbocycles. The van der Waals surface area contributed by atoms with E-state index >= 15 is 0 Å². The molecular formula is C11H11N5O2S. The molecule has 98 valence electrons. The van der Waals surface area contributed by atoms with Crippen molar-refractivity contribution in [2.24, 2.45) is 5.73 Å². The van der Waals surface area contributed by atoms with Crippen molar-refractivity contribution >= 4 is 16.0 Å². The molecule has 4 N–H and O–H groups in total. The van der Waals surface area contributed by atoms with E-state index in [0.29, 0.717) is 5.56 Å². The molecule has 0 aliphatic rings. The van der Waals surface area contributed by atoms with Crippen LogP contribution in [0.25, 0.3) is 0 Å². The van der Waals surface area contributed by atoms with Crippen LogP contribution in [0.2, 0.25) is 0 Å². The first-order valence-electron chi connectivity index (χ1n) is 5.28. The van der Waals surface area contributed by atoms with Gasteiger partial charge in [-0.3, -0.25) is 4.98 Å². The third-order valence-corrected chi connectivity index (χ3v) is 3.39. The average Bonchev–Trinajstić information content (AvgIpc) is 2.89. The fraction of sp³-hybridized carbons (Fsp3) is 0.0909. The van der Waals surface area contributed by atoms with Crippen molar-refractivity contribution in [1.82, 2.24) is 15.0 Å². The van der Waals surface area contributed by atoms with Gasteiger partial charge in [0.05, 0.1) is 6.54 Å². The van der Waals surface area contributed by atoms with E-state index < -0.39 is 10.0 Å². The molecule has 2 aromatic heterocycles. The molecule has 2 rings (SSSR count). The summed E-state index contributed by atoms with van der Waals surface area (Å²) in [7, 11) is -3.74. The van der Waals surface area contributed by atoms with E-state index in [0.717, 1.165) is 0 Å². The number of imidazole rings is 1. The number of sulfonamides is 1. The second-order valence-corrected chi connectivity index (χ2v) is 5.14. The summed E-state index contributed by atoms with van der Waals surface area (Å²) < 4.78 is 26.4. The van der Waals surface area contributed by atoms with E-state index in [1.54, 1.807) is 0 Å². The summed E-state index contributed by atoms with van der Waals surface area (Å²) in [4.78, 5) is 10.3. The van der Waals surface area contributed by atoms with Gasteiger partial charge in [0.15, 0.2) is 0 Å². The van der Waals surface area contributed by atoms with Gasteiger partial charge in [-0.25, -0.2) is 18.1 Å². The van der Waals surface area contributed by atoms with Crippen LogP contribution in [-0.2, 0) is 10.0 Å². The Morgan fingerprint density at radius 1 is 1.42 bits per heavy atom. The highest BCUT2D eigenvalue weighted by Gasteiger charge is 2.15. The first-order valence-corrected chi connectivity index (χ1v) is 6.76. The van der Waals surface area contributed by atoms with Crippen LogP contribution in [0.1, 0.15) is 5.56 Å². The van der Waals surface area contributed by atoms with E-state index in [1.165, 1.54) is 30.9 Å². The van der Waals surface area contributed by atoms with Gasteiger partial charge in [-0.2, -0.15) is 0 Å². The van der Waals surface area contributed by atoms with Gasteiger partial charge in [-0.1, -0.05) is 11.8 Å². The third-order valence-electron chi connectivity index (χ3n) is 2.09. The van der Waals surface area contributed by atoms with Crippen molar-refractivity contribution in [3.05, 3.63) is 36.4 Å². The summed E-state index contributed by atoms with van der Waals surface area (Å²) in [5, 5.41) is 0. The van der Waals surface area contributed by atoms with E-state index in [2.05, 4.69) is 31.5 Å². The van der Waals surface area contributed by atoms with Gasteiger partial charge in [0.2, 0.25) is 5.95 Å². The van der Waals surface area contributed by atoms with Gasteiger partial charge in [-0.05, 0) is 6.07 Å². The van der Waals surface area contributed by atoms with Crippen LogP contribution >= 0.6 is 0 Å². The molecule has 0 aromatic carbocycles. The summed E-state index contributed by atoms with van der Waals surface area (Å²) in [6.45, 7) is 0.196. The van der Waals surface area contributed by atoms with Gasteiger partial charge >= 0.3 is 0 Å². The van der Waals surface area contributed by atoms with Gasteiger partial charge in [0, 0.05) is 30.4 Å². The Morgan fingerprint density at radius 3 is 2.95 bits per heavy atom. The molecule has 0 bridgehead atoms. The molecule has 0 amide bonds. The van der Waals surface area contributed by atoms with E-state index in [1.807, 2.05) is 0 Å². The number of rotatable bonds is 3. The summed E-state index contributed by atoms with van der Waals surface area (Å²) in [5.74, 6) is 5.49. The summed E-state index contributed by atoms with van der Waals surface area (Å²) in [5.41, 5.74) is 5.73. The number of hydrogen-bond donors (Lipinski definition) is 3. The van der Waals surface area contributed by atoms with Crippen molar-refractivity contribution in [2.75, 3.05) is 11.3 Å². The molecule has 2 aromatic rings. The van der Waals surface area contributed by atoms with E-state index in [9.17, 15) is 8.42 Å². The topological polar surface area (TPSA) is 114 Å². The van der Waals surface area contributed by atoms with Crippen molar-refractivity contribution < 1.29 is 8.42 Å². The van der Waals surface area contributed by atoms with Crippen LogP contribution in [0.5, 0.6) is 0 Å². The quantitative estimate of drug-likeness (QED) is 0.679. The molecule has 0 spiro atoms. The number of nitrogens with two attached hydrogens (primary N) is 1. The lowest BCUT2D eigenvalue weighted by Crippen LogP contribution is -2.14. The Morgan fingerprint density at radius 2 is 2.26 bits per heavy atom. The highest BCUT2D eigenvalue weighted by Crippen LogP contribution is 2.12. The first-order chi connectivity index (χ1) is 9.12. The van der Waals surface area contributed by atoms with Gasteiger partial charge in [0.25, 0.3) is 10.0 Å². The molecule has 2 heterocycles. The normalized spacial score (nSPS) is 10.6. The molecule has 0 radical (unpaired) electrons. The second-order valence-electron chi connectivity index (χ2n) is 3.46. The summed E-state index contributed by atoms with van der Waals surface area (Å²) in [6.07, 6.45) is 5.66. The zero-order valence-electron chi connectivity index (χ0n) is 9.79. The minimum absolute atomic E-state index is 0.00715. The van der Waals surface area contributed by atoms with Crippen molar-refractivity contribution in [3.63, 3.8) is 0 Å². The predicted octanol–water partition coefficient (Wildman–Crippen LogP) is -0.0843. The smallest absolute Gasteiger partial charge is 0.265 e. The Balaban J connectivity index is 2.30. The molecule has 0 unspecified atom stereocenters. The minimum atomic E-state index is -3.74. The van der Waals surface area contributed by atoms with Crippen LogP contribution in [0.3, 0.4) is 0 Å². The van der Waals surface area contributed by atoms with Gasteiger partial charge in [0.1, 0.15) is 4.90 Å². The third kappa shape index (κ3) is 3.31. The predicted molar refractivity (Wildman–Crippen MR) is 69.6 cm³/mol. The molecular weight excluding hydrogens is 266 g/mol. The molecule has 8 heteroatoms. The van der Waals surface area contributed by atoms with Crippen LogP contribution in [0.4, 0.5) is 5.95 Å². The maximum absolute atomic E-state index is 12.0. The molecule has 7 nitrogen and oxygen atoms in total. The van der Waals surface area contributed by atoms with E-state index in [4.69, 9.17) is 5.73 Å².